The Kier molecular flexibility index (Phi) is 4.18. The first-order valence-corrected chi connectivity index (χ1v) is 6.56. The highest BCUT2D eigenvalue weighted by atomic mass is 15.1. The first-order chi connectivity index (χ1) is 8.29. The molecule has 4 nitrogen and oxygen atoms in total. The summed E-state index contributed by atoms with van der Waals surface area (Å²) in [6.07, 6.45) is 10.4. The molecule has 1 heterocycles. The van der Waals surface area contributed by atoms with Crippen molar-refractivity contribution in [1.29, 1.82) is 0 Å². The molecule has 1 aromatic heterocycles. The third kappa shape index (κ3) is 3.32. The Morgan fingerprint density at radius 1 is 1.18 bits per heavy atom. The highest BCUT2D eigenvalue weighted by molar-refractivity contribution is 5.41. The number of anilines is 2. The van der Waals surface area contributed by atoms with Crippen LogP contribution in [0.1, 0.15) is 39.0 Å². The summed E-state index contributed by atoms with van der Waals surface area (Å²) in [6, 6.07) is 0.483. The summed E-state index contributed by atoms with van der Waals surface area (Å²) in [5, 5.41) is 6.48. The maximum Gasteiger partial charge on any atom is 0.147 e. The van der Waals surface area contributed by atoms with Gasteiger partial charge < -0.3 is 10.6 Å². The smallest absolute Gasteiger partial charge is 0.147 e. The molecule has 2 N–H and O–H groups in total. The molecule has 1 unspecified atom stereocenters. The summed E-state index contributed by atoms with van der Waals surface area (Å²) in [5.41, 5.74) is 0. The molecule has 0 spiro atoms. The van der Waals surface area contributed by atoms with E-state index in [2.05, 4.69) is 27.5 Å². The predicted molar refractivity (Wildman–Crippen MR) is 71.2 cm³/mol. The number of nitrogens with zero attached hydrogens (tertiary/aromatic N) is 2. The quantitative estimate of drug-likeness (QED) is 0.841. The van der Waals surface area contributed by atoms with Gasteiger partial charge in [-0.05, 0) is 25.7 Å². The van der Waals surface area contributed by atoms with Crippen molar-refractivity contribution < 1.29 is 0 Å². The fourth-order valence-electron chi connectivity index (χ4n) is 2.54. The molecule has 4 heteroatoms. The lowest BCUT2D eigenvalue weighted by molar-refractivity contribution is 0.328. The third-order valence-corrected chi connectivity index (χ3v) is 3.62. The molecule has 1 fully saturated rings. The second-order valence-corrected chi connectivity index (χ2v) is 4.87. The molecule has 0 aliphatic heterocycles. The zero-order valence-corrected chi connectivity index (χ0v) is 10.7. The molecule has 1 aliphatic carbocycles. The zero-order valence-electron chi connectivity index (χ0n) is 10.7. The highest BCUT2D eigenvalue weighted by Crippen LogP contribution is 2.27. The second-order valence-electron chi connectivity index (χ2n) is 4.87. The van der Waals surface area contributed by atoms with Crippen LogP contribution in [-0.2, 0) is 0 Å². The predicted octanol–water partition coefficient (Wildman–Crippen LogP) is 2.90. The van der Waals surface area contributed by atoms with Crippen LogP contribution in [0.3, 0.4) is 0 Å². The van der Waals surface area contributed by atoms with Gasteiger partial charge in [-0.25, -0.2) is 4.98 Å². The largest absolute Gasteiger partial charge is 0.372 e. The van der Waals surface area contributed by atoms with Crippen LogP contribution in [0.15, 0.2) is 12.4 Å². The normalized spacial score (nSPS) is 18.7. The Balaban J connectivity index is 1.94. The summed E-state index contributed by atoms with van der Waals surface area (Å²) >= 11 is 0. The number of nitrogens with one attached hydrogen (secondary N) is 2. The van der Waals surface area contributed by atoms with Crippen molar-refractivity contribution in [3.63, 3.8) is 0 Å². The van der Waals surface area contributed by atoms with Gasteiger partial charge in [0.2, 0.25) is 0 Å². The van der Waals surface area contributed by atoms with E-state index in [1.54, 1.807) is 12.4 Å². The van der Waals surface area contributed by atoms with E-state index in [1.165, 1.54) is 32.1 Å². The van der Waals surface area contributed by atoms with Gasteiger partial charge in [0.15, 0.2) is 0 Å². The standard InChI is InChI=1S/C13H22N4/c1-10(11-6-4-3-5-7-11)16-13-9-15-8-12(14-2)17-13/h8-11H,3-7H2,1-2H3,(H2,14,16,17). The summed E-state index contributed by atoms with van der Waals surface area (Å²) in [6.45, 7) is 2.25. The van der Waals surface area contributed by atoms with Crippen LogP contribution < -0.4 is 10.6 Å². The molecule has 2 rings (SSSR count). The topological polar surface area (TPSA) is 49.8 Å². The van der Waals surface area contributed by atoms with Gasteiger partial charge in [0.05, 0.1) is 12.4 Å². The first-order valence-electron chi connectivity index (χ1n) is 6.56. The molecular formula is C13H22N4. The molecule has 1 atom stereocenters. The lowest BCUT2D eigenvalue weighted by atomic mass is 9.84. The summed E-state index contributed by atoms with van der Waals surface area (Å²) < 4.78 is 0. The number of hydrogen-bond acceptors (Lipinski definition) is 4. The van der Waals surface area contributed by atoms with E-state index in [0.29, 0.717) is 6.04 Å². The van der Waals surface area contributed by atoms with Gasteiger partial charge in [-0.2, -0.15) is 0 Å². The van der Waals surface area contributed by atoms with Gasteiger partial charge in [0.1, 0.15) is 11.6 Å². The molecule has 17 heavy (non-hydrogen) atoms. The second kappa shape index (κ2) is 5.84. The van der Waals surface area contributed by atoms with Gasteiger partial charge in [-0.1, -0.05) is 19.3 Å². The minimum atomic E-state index is 0.483. The Hall–Kier alpha value is -1.32. The minimum absolute atomic E-state index is 0.483. The van der Waals surface area contributed by atoms with Gasteiger partial charge in [0, 0.05) is 13.1 Å². The van der Waals surface area contributed by atoms with E-state index in [4.69, 9.17) is 0 Å². The molecule has 1 saturated carbocycles. The summed E-state index contributed by atoms with van der Waals surface area (Å²) in [4.78, 5) is 8.61. The average Bonchev–Trinajstić information content (AvgIpc) is 2.40. The highest BCUT2D eigenvalue weighted by Gasteiger charge is 2.20. The molecule has 94 valence electrons. The fourth-order valence-corrected chi connectivity index (χ4v) is 2.54. The van der Waals surface area contributed by atoms with E-state index in [1.807, 2.05) is 7.05 Å². The van der Waals surface area contributed by atoms with Crippen molar-refractivity contribution in [3.8, 4) is 0 Å². The van der Waals surface area contributed by atoms with Crippen LogP contribution in [0.5, 0.6) is 0 Å². The summed E-state index contributed by atoms with van der Waals surface area (Å²) in [5.74, 6) is 2.46. The lowest BCUT2D eigenvalue weighted by Crippen LogP contribution is -2.28. The molecule has 0 bridgehead atoms. The van der Waals surface area contributed by atoms with Crippen molar-refractivity contribution in [2.24, 2.45) is 5.92 Å². The SMILES string of the molecule is CNc1cncc(NC(C)C2CCCCC2)n1. The van der Waals surface area contributed by atoms with Crippen LogP contribution in [-0.4, -0.2) is 23.1 Å². The Bertz CT molecular complexity index is 347. The minimum Gasteiger partial charge on any atom is -0.372 e. The molecule has 0 saturated heterocycles. The van der Waals surface area contributed by atoms with Gasteiger partial charge in [-0.15, -0.1) is 0 Å². The van der Waals surface area contributed by atoms with Crippen molar-refractivity contribution in [3.05, 3.63) is 12.4 Å². The Morgan fingerprint density at radius 2 is 1.88 bits per heavy atom. The van der Waals surface area contributed by atoms with Crippen molar-refractivity contribution in [2.45, 2.75) is 45.1 Å². The first kappa shape index (κ1) is 12.1. The number of hydrogen-bond donors (Lipinski definition) is 2. The summed E-state index contributed by atoms with van der Waals surface area (Å²) in [7, 11) is 1.86. The van der Waals surface area contributed by atoms with Gasteiger partial charge in [-0.3, -0.25) is 4.98 Å². The van der Waals surface area contributed by atoms with Crippen LogP contribution in [0.2, 0.25) is 0 Å². The molecule has 0 aromatic carbocycles. The molecule has 0 amide bonds. The van der Waals surface area contributed by atoms with E-state index in [9.17, 15) is 0 Å². The van der Waals surface area contributed by atoms with Crippen molar-refractivity contribution in [1.82, 2.24) is 9.97 Å². The van der Waals surface area contributed by atoms with Crippen LogP contribution in [0.4, 0.5) is 11.6 Å². The zero-order chi connectivity index (χ0) is 12.1. The molecule has 1 aromatic rings. The van der Waals surface area contributed by atoms with Crippen LogP contribution in [0.25, 0.3) is 0 Å². The maximum absolute atomic E-state index is 4.44. The van der Waals surface area contributed by atoms with Crippen molar-refractivity contribution >= 4 is 11.6 Å². The van der Waals surface area contributed by atoms with Crippen LogP contribution >= 0.6 is 0 Å². The van der Waals surface area contributed by atoms with E-state index < -0.39 is 0 Å². The Morgan fingerprint density at radius 3 is 2.59 bits per heavy atom. The Labute approximate surface area is 103 Å². The monoisotopic (exact) mass is 234 g/mol. The van der Waals surface area contributed by atoms with E-state index in [0.717, 1.165) is 17.6 Å². The molecular weight excluding hydrogens is 212 g/mol. The lowest BCUT2D eigenvalue weighted by Gasteiger charge is -2.28. The third-order valence-electron chi connectivity index (χ3n) is 3.62. The van der Waals surface area contributed by atoms with Crippen LogP contribution in [0, 0.1) is 5.92 Å². The maximum atomic E-state index is 4.44. The van der Waals surface area contributed by atoms with Gasteiger partial charge >= 0.3 is 0 Å². The van der Waals surface area contributed by atoms with Gasteiger partial charge in [0.25, 0.3) is 0 Å². The van der Waals surface area contributed by atoms with Crippen molar-refractivity contribution in [2.75, 3.05) is 17.7 Å². The number of aromatic nitrogens is 2. The van der Waals surface area contributed by atoms with E-state index in [-0.39, 0.29) is 0 Å². The fraction of sp³-hybridized carbons (Fsp3) is 0.692. The van der Waals surface area contributed by atoms with E-state index >= 15 is 0 Å². The average molecular weight is 234 g/mol. The molecule has 1 aliphatic rings. The molecule has 0 radical (unpaired) electrons. The number of rotatable bonds is 4.